The van der Waals surface area contributed by atoms with E-state index in [1.807, 2.05) is 24.4 Å². The second kappa shape index (κ2) is 9.69. The van der Waals surface area contributed by atoms with E-state index in [0.29, 0.717) is 20.0 Å². The van der Waals surface area contributed by atoms with Gasteiger partial charge in [0, 0.05) is 33.3 Å². The molecule has 0 aliphatic rings. The maximum Gasteiger partial charge on any atom is 0.230 e. The molecule has 3 aromatic rings. The molecular formula is C19H17BrCl2FN3OS. The van der Waals surface area contributed by atoms with E-state index in [0.717, 1.165) is 11.3 Å². The van der Waals surface area contributed by atoms with E-state index in [1.165, 1.54) is 17.4 Å². The van der Waals surface area contributed by atoms with Crippen molar-refractivity contribution in [3.05, 3.63) is 73.1 Å². The van der Waals surface area contributed by atoms with Crippen LogP contribution in [0.3, 0.4) is 0 Å². The van der Waals surface area contributed by atoms with Gasteiger partial charge in [-0.25, -0.2) is 9.38 Å². The van der Waals surface area contributed by atoms with Crippen LogP contribution < -0.4 is 10.1 Å². The molecule has 28 heavy (non-hydrogen) atoms. The number of benzene rings is 2. The van der Waals surface area contributed by atoms with Crippen LogP contribution in [0.25, 0.3) is 0 Å². The lowest BCUT2D eigenvalue weighted by atomic mass is 10.2. The number of hydrogen-bond acceptors (Lipinski definition) is 3. The Morgan fingerprint density at radius 2 is 2.07 bits per heavy atom. The summed E-state index contributed by atoms with van der Waals surface area (Å²) in [6.45, 7) is 1.90. The van der Waals surface area contributed by atoms with Gasteiger partial charge in [0.15, 0.2) is 4.80 Å². The van der Waals surface area contributed by atoms with Crippen molar-refractivity contribution in [3.63, 3.8) is 0 Å². The lowest BCUT2D eigenvalue weighted by molar-refractivity contribution is -0.115. The predicted octanol–water partition coefficient (Wildman–Crippen LogP) is 5.79. The summed E-state index contributed by atoms with van der Waals surface area (Å²) in [5.41, 5.74) is 2.63. The summed E-state index contributed by atoms with van der Waals surface area (Å²) < 4.78 is 16.4. The van der Waals surface area contributed by atoms with Crippen molar-refractivity contribution in [2.24, 2.45) is 12.0 Å². The number of rotatable bonds is 4. The van der Waals surface area contributed by atoms with Gasteiger partial charge in [0.25, 0.3) is 0 Å². The van der Waals surface area contributed by atoms with Gasteiger partial charge in [-0.1, -0.05) is 33.6 Å². The Morgan fingerprint density at radius 1 is 1.32 bits per heavy atom. The van der Waals surface area contributed by atoms with E-state index in [2.05, 4.69) is 26.2 Å². The zero-order chi connectivity index (χ0) is 19.6. The van der Waals surface area contributed by atoms with E-state index < -0.39 is 5.82 Å². The van der Waals surface area contributed by atoms with Crippen LogP contribution in [-0.4, -0.2) is 10.5 Å². The highest BCUT2D eigenvalue weighted by Crippen LogP contribution is 2.22. The van der Waals surface area contributed by atoms with Crippen molar-refractivity contribution in [2.75, 3.05) is 5.32 Å². The Labute approximate surface area is 185 Å². The van der Waals surface area contributed by atoms with Crippen LogP contribution in [0.15, 0.2) is 51.2 Å². The molecule has 2 aromatic carbocycles. The minimum Gasteiger partial charge on any atom is -0.326 e. The Bertz CT molecular complexity index is 1080. The fourth-order valence-corrected chi connectivity index (χ4v) is 3.80. The lowest BCUT2D eigenvalue weighted by Crippen LogP contribution is -2.19. The number of amides is 1. The van der Waals surface area contributed by atoms with Crippen LogP contribution in [0.4, 0.5) is 15.8 Å². The van der Waals surface area contributed by atoms with E-state index in [1.54, 1.807) is 29.8 Å². The van der Waals surface area contributed by atoms with Crippen LogP contribution in [-0.2, 0) is 18.3 Å². The molecule has 0 aliphatic carbocycles. The summed E-state index contributed by atoms with van der Waals surface area (Å²) >= 11 is 10.7. The molecule has 0 aliphatic heterocycles. The first-order chi connectivity index (χ1) is 12.8. The first-order valence-corrected chi connectivity index (χ1v) is 10.1. The Balaban J connectivity index is 0.00000280. The van der Waals surface area contributed by atoms with Crippen LogP contribution in [0.1, 0.15) is 11.3 Å². The predicted molar refractivity (Wildman–Crippen MR) is 118 cm³/mol. The summed E-state index contributed by atoms with van der Waals surface area (Å²) in [6, 6.07) is 10.1. The molecule has 0 atom stereocenters. The van der Waals surface area contributed by atoms with E-state index >= 15 is 0 Å². The van der Waals surface area contributed by atoms with Gasteiger partial charge in [-0.2, -0.15) is 0 Å². The highest BCUT2D eigenvalue weighted by Gasteiger charge is 2.10. The second-order valence-electron chi connectivity index (χ2n) is 5.97. The normalized spacial score (nSPS) is 11.2. The van der Waals surface area contributed by atoms with Gasteiger partial charge < -0.3 is 9.88 Å². The van der Waals surface area contributed by atoms with Crippen LogP contribution in [0.2, 0.25) is 5.02 Å². The van der Waals surface area contributed by atoms with E-state index in [-0.39, 0.29) is 30.4 Å². The molecule has 9 heteroatoms. The van der Waals surface area contributed by atoms with Gasteiger partial charge in [-0.3, -0.25) is 4.79 Å². The van der Waals surface area contributed by atoms with Gasteiger partial charge in [0.2, 0.25) is 5.91 Å². The number of carbonyl (C=O) groups is 1. The SMILES string of the molecule is Cc1ccc(NC(=O)Cc2csc(=Nc3ccc(Br)cc3F)n2C)cc1Cl.Cl. The number of aromatic nitrogens is 1. The average Bonchev–Trinajstić information content (AvgIpc) is 2.94. The van der Waals surface area contributed by atoms with Gasteiger partial charge in [0.05, 0.1) is 6.42 Å². The molecular weight excluding hydrogens is 488 g/mol. The lowest BCUT2D eigenvalue weighted by Gasteiger charge is -2.07. The number of nitrogens with zero attached hydrogens (tertiary/aromatic N) is 2. The Morgan fingerprint density at radius 3 is 2.75 bits per heavy atom. The maximum atomic E-state index is 14.0. The number of aryl methyl sites for hydroxylation is 1. The molecule has 0 spiro atoms. The smallest absolute Gasteiger partial charge is 0.230 e. The molecule has 4 nitrogen and oxygen atoms in total. The van der Waals surface area contributed by atoms with Gasteiger partial charge in [0.1, 0.15) is 11.5 Å². The molecule has 0 saturated heterocycles. The summed E-state index contributed by atoms with van der Waals surface area (Å²) in [6.07, 6.45) is 0.177. The number of hydrogen-bond donors (Lipinski definition) is 1. The number of nitrogens with one attached hydrogen (secondary N) is 1. The van der Waals surface area contributed by atoms with Crippen molar-refractivity contribution in [1.29, 1.82) is 0 Å². The van der Waals surface area contributed by atoms with Gasteiger partial charge >= 0.3 is 0 Å². The standard InChI is InChI=1S/C19H16BrClFN3OS.ClH/c1-11-3-5-13(8-15(11)21)23-18(26)9-14-10-27-19(25(14)2)24-17-6-4-12(20)7-16(17)22;/h3-8,10H,9H2,1-2H3,(H,23,26);1H. The minimum absolute atomic E-state index is 0. The third-order valence-electron chi connectivity index (χ3n) is 3.94. The first-order valence-electron chi connectivity index (χ1n) is 8.02. The van der Waals surface area contributed by atoms with E-state index in [4.69, 9.17) is 11.6 Å². The maximum absolute atomic E-state index is 14.0. The number of thiazole rings is 1. The second-order valence-corrected chi connectivity index (χ2v) is 8.12. The molecule has 1 aromatic heterocycles. The highest BCUT2D eigenvalue weighted by atomic mass is 79.9. The fourth-order valence-electron chi connectivity index (χ4n) is 2.38. The Hall–Kier alpha value is -1.67. The highest BCUT2D eigenvalue weighted by molar-refractivity contribution is 9.10. The van der Waals surface area contributed by atoms with E-state index in [9.17, 15) is 9.18 Å². The quantitative estimate of drug-likeness (QED) is 0.480. The largest absolute Gasteiger partial charge is 0.326 e. The number of halogens is 4. The van der Waals surface area contributed by atoms with Crippen molar-refractivity contribution in [1.82, 2.24) is 4.57 Å². The first kappa shape index (κ1) is 22.6. The third-order valence-corrected chi connectivity index (χ3v) is 5.81. The third kappa shape index (κ3) is 5.44. The van der Waals surface area contributed by atoms with Crippen molar-refractivity contribution in [3.8, 4) is 0 Å². The Kier molecular flexibility index (Phi) is 7.83. The summed E-state index contributed by atoms with van der Waals surface area (Å²) in [4.78, 5) is 17.3. The van der Waals surface area contributed by atoms with Gasteiger partial charge in [-0.15, -0.1) is 23.7 Å². The van der Waals surface area contributed by atoms with Crippen LogP contribution in [0.5, 0.6) is 0 Å². The fraction of sp³-hybridized carbons (Fsp3) is 0.158. The molecule has 0 fully saturated rings. The zero-order valence-corrected chi connectivity index (χ0v) is 19.0. The molecule has 1 amide bonds. The van der Waals surface area contributed by atoms with Crippen LogP contribution >= 0.6 is 51.3 Å². The molecule has 0 saturated carbocycles. The number of anilines is 1. The topological polar surface area (TPSA) is 46.4 Å². The molecule has 1 N–H and O–H groups in total. The van der Waals surface area contributed by atoms with Crippen molar-refractivity contribution in [2.45, 2.75) is 13.3 Å². The molecule has 0 bridgehead atoms. The summed E-state index contributed by atoms with van der Waals surface area (Å²) in [7, 11) is 1.80. The van der Waals surface area contributed by atoms with Crippen molar-refractivity contribution >= 4 is 68.6 Å². The number of carbonyl (C=O) groups excluding carboxylic acids is 1. The molecule has 148 valence electrons. The summed E-state index contributed by atoms with van der Waals surface area (Å²) in [5.74, 6) is -0.571. The molecule has 0 unspecified atom stereocenters. The monoisotopic (exact) mass is 503 g/mol. The molecule has 1 heterocycles. The molecule has 0 radical (unpaired) electrons. The van der Waals surface area contributed by atoms with Crippen LogP contribution in [0, 0.1) is 12.7 Å². The molecule has 3 rings (SSSR count). The summed E-state index contributed by atoms with van der Waals surface area (Å²) in [5, 5.41) is 5.28. The average molecular weight is 505 g/mol. The van der Waals surface area contributed by atoms with Crippen molar-refractivity contribution < 1.29 is 9.18 Å². The minimum atomic E-state index is -0.409. The van der Waals surface area contributed by atoms with Gasteiger partial charge in [-0.05, 0) is 42.8 Å². The zero-order valence-electron chi connectivity index (χ0n) is 15.0.